The average molecular weight is 629 g/mol. The number of rotatable bonds is 4. The Labute approximate surface area is 275 Å². The molecular weight excluding hydrogens is 573 g/mol. The van der Waals surface area contributed by atoms with Crippen molar-refractivity contribution in [1.82, 2.24) is 4.98 Å². The number of nitrogens with one attached hydrogen (secondary N) is 1. The van der Waals surface area contributed by atoms with Crippen LogP contribution in [-0.4, -0.2) is 21.6 Å². The molecule has 4 saturated carbocycles. The third-order valence-corrected chi connectivity index (χ3v) is 15.8. The van der Waals surface area contributed by atoms with Gasteiger partial charge in [-0.3, -0.25) is 0 Å². The lowest BCUT2D eigenvalue weighted by atomic mass is 9.33. The number of thiazole rings is 1. The zero-order valence-corrected chi connectivity index (χ0v) is 29.9. The van der Waals surface area contributed by atoms with Crippen LogP contribution in [0.1, 0.15) is 141 Å². The van der Waals surface area contributed by atoms with E-state index in [1.807, 2.05) is 23.5 Å². The molecule has 5 heteroatoms. The second-order valence-electron chi connectivity index (χ2n) is 18.2. The molecule has 1 aromatic carbocycles. The molecule has 45 heavy (non-hydrogen) atoms. The van der Waals surface area contributed by atoms with Gasteiger partial charge < -0.3 is 10.4 Å². The summed E-state index contributed by atoms with van der Waals surface area (Å²) in [5, 5.41) is 17.0. The summed E-state index contributed by atoms with van der Waals surface area (Å²) < 4.78 is 0. The highest BCUT2D eigenvalue weighted by atomic mass is 32.1. The van der Waals surface area contributed by atoms with Gasteiger partial charge in [-0.2, -0.15) is 0 Å². The number of aromatic carboxylic acids is 1. The number of benzene rings is 1. The molecule has 0 radical (unpaired) electrons. The first-order valence-corrected chi connectivity index (χ1v) is 18.7. The van der Waals surface area contributed by atoms with Crippen molar-refractivity contribution in [3.63, 3.8) is 0 Å². The van der Waals surface area contributed by atoms with Crippen LogP contribution in [-0.2, 0) is 5.41 Å². The Morgan fingerprint density at radius 2 is 1.62 bits per heavy atom. The predicted octanol–water partition coefficient (Wildman–Crippen LogP) is 10.9. The van der Waals surface area contributed by atoms with E-state index < -0.39 is 5.97 Å². The van der Waals surface area contributed by atoms with Crippen molar-refractivity contribution < 1.29 is 9.90 Å². The van der Waals surface area contributed by atoms with Gasteiger partial charge in [0.05, 0.1) is 11.3 Å². The fourth-order valence-electron chi connectivity index (χ4n) is 12.6. The summed E-state index contributed by atoms with van der Waals surface area (Å²) in [6.07, 6.45) is 15.6. The summed E-state index contributed by atoms with van der Waals surface area (Å²) in [6, 6.07) is 7.64. The van der Waals surface area contributed by atoms with Crippen molar-refractivity contribution >= 4 is 28.0 Å². The second-order valence-corrected chi connectivity index (χ2v) is 19.0. The van der Waals surface area contributed by atoms with E-state index in [1.165, 1.54) is 74.6 Å². The zero-order valence-electron chi connectivity index (χ0n) is 29.1. The van der Waals surface area contributed by atoms with Crippen LogP contribution in [0.25, 0.3) is 5.57 Å². The Morgan fingerprint density at radius 1 is 0.889 bits per heavy atom. The molecule has 1 aromatic heterocycles. The lowest BCUT2D eigenvalue weighted by molar-refractivity contribution is -0.213. The molecule has 244 valence electrons. The minimum Gasteiger partial charge on any atom is -0.478 e. The monoisotopic (exact) mass is 628 g/mol. The van der Waals surface area contributed by atoms with Crippen LogP contribution in [0.15, 0.2) is 35.7 Å². The minimum absolute atomic E-state index is 0.0491. The number of carboxylic acid groups (broad SMARTS) is 1. The van der Waals surface area contributed by atoms with E-state index in [-0.39, 0.29) is 21.8 Å². The topological polar surface area (TPSA) is 62.2 Å². The highest BCUT2D eigenvalue weighted by molar-refractivity contribution is 7.13. The maximum Gasteiger partial charge on any atom is 0.335 e. The Bertz CT molecular complexity index is 1520. The van der Waals surface area contributed by atoms with Gasteiger partial charge >= 0.3 is 5.97 Å². The van der Waals surface area contributed by atoms with Gasteiger partial charge in [-0.25, -0.2) is 9.78 Å². The fourth-order valence-corrected chi connectivity index (χ4v) is 13.6. The molecule has 5 aliphatic carbocycles. The first kappa shape index (κ1) is 31.5. The van der Waals surface area contributed by atoms with E-state index in [2.05, 4.69) is 72.2 Å². The number of carboxylic acids is 1. The summed E-state index contributed by atoms with van der Waals surface area (Å²) in [5.74, 6) is 2.02. The summed E-state index contributed by atoms with van der Waals surface area (Å²) in [7, 11) is 0. The van der Waals surface area contributed by atoms with Crippen molar-refractivity contribution in [2.45, 2.75) is 131 Å². The number of nitrogens with zero attached hydrogens (tertiary/aromatic N) is 1. The van der Waals surface area contributed by atoms with Crippen molar-refractivity contribution in [1.29, 1.82) is 0 Å². The predicted molar refractivity (Wildman–Crippen MR) is 187 cm³/mol. The lowest BCUT2D eigenvalue weighted by Crippen LogP contribution is -2.66. The zero-order chi connectivity index (χ0) is 32.2. The van der Waals surface area contributed by atoms with Gasteiger partial charge in [0.15, 0.2) is 5.13 Å². The van der Waals surface area contributed by atoms with Gasteiger partial charge in [-0.15, -0.1) is 11.3 Å². The van der Waals surface area contributed by atoms with Gasteiger partial charge in [0.25, 0.3) is 0 Å². The normalized spacial score (nSPS) is 40.4. The minimum atomic E-state index is -0.854. The molecule has 0 amide bonds. The maximum atomic E-state index is 11.5. The molecule has 4 fully saturated rings. The van der Waals surface area contributed by atoms with Crippen LogP contribution in [0.5, 0.6) is 0 Å². The van der Waals surface area contributed by atoms with E-state index >= 15 is 0 Å². The van der Waals surface area contributed by atoms with Gasteiger partial charge in [-0.1, -0.05) is 80.0 Å². The standard InChI is InChI=1S/C40H56N2O2S/c1-35(2,3)32-24-45-34(41-32)42-40-19-9-10-29(40)28-15-16-31-37(6)20-17-27(25-11-13-26(14-12-25)33(43)44)36(4,5)30(37)18-21-39(31,8)38(28,7)22-23-40/h11-14,17,24,28-31H,9-10,15-16,18-23H2,1-8H3,(H,41,42)(H,43,44)/t28-,29?,30?,31?,37+,38-,39-,40+/m1/s1. The van der Waals surface area contributed by atoms with Crippen LogP contribution in [0.2, 0.25) is 0 Å². The van der Waals surface area contributed by atoms with Crippen LogP contribution in [0.4, 0.5) is 5.13 Å². The summed E-state index contributed by atoms with van der Waals surface area (Å²) in [6.45, 7) is 19.9. The molecule has 2 aromatic rings. The Morgan fingerprint density at radius 3 is 2.29 bits per heavy atom. The van der Waals surface area contributed by atoms with Gasteiger partial charge in [0.1, 0.15) is 0 Å². The Kier molecular flexibility index (Phi) is 7.12. The van der Waals surface area contributed by atoms with Crippen LogP contribution in [0, 0.1) is 45.3 Å². The van der Waals surface area contributed by atoms with Crippen LogP contribution < -0.4 is 5.32 Å². The maximum absolute atomic E-state index is 11.5. The molecule has 2 N–H and O–H groups in total. The molecule has 0 spiro atoms. The number of aromatic nitrogens is 1. The lowest BCUT2D eigenvalue weighted by Gasteiger charge is -2.72. The third kappa shape index (κ3) is 4.48. The number of carbonyl (C=O) groups is 1. The van der Waals surface area contributed by atoms with Gasteiger partial charge in [0.2, 0.25) is 0 Å². The molecule has 0 saturated heterocycles. The molecule has 5 aliphatic rings. The molecule has 4 nitrogen and oxygen atoms in total. The second kappa shape index (κ2) is 10.2. The van der Waals surface area contributed by atoms with Crippen LogP contribution in [0.3, 0.4) is 0 Å². The first-order chi connectivity index (χ1) is 21.1. The van der Waals surface area contributed by atoms with E-state index in [0.717, 1.165) is 29.3 Å². The number of hydrogen-bond donors (Lipinski definition) is 2. The smallest absolute Gasteiger partial charge is 0.335 e. The molecule has 3 unspecified atom stereocenters. The highest BCUT2D eigenvalue weighted by Crippen LogP contribution is 2.76. The van der Waals surface area contributed by atoms with Crippen molar-refractivity contribution in [2.75, 3.05) is 5.32 Å². The number of hydrogen-bond acceptors (Lipinski definition) is 4. The van der Waals surface area contributed by atoms with E-state index in [4.69, 9.17) is 4.98 Å². The van der Waals surface area contributed by atoms with Gasteiger partial charge in [0, 0.05) is 16.3 Å². The number of fused-ring (bicyclic) bond motifs is 7. The van der Waals surface area contributed by atoms with Crippen molar-refractivity contribution in [3.05, 3.63) is 52.5 Å². The molecule has 0 aliphatic heterocycles. The summed E-state index contributed by atoms with van der Waals surface area (Å²) >= 11 is 1.82. The molecule has 1 heterocycles. The highest BCUT2D eigenvalue weighted by Gasteiger charge is 2.69. The summed E-state index contributed by atoms with van der Waals surface area (Å²) in [5.41, 5.74) is 5.54. The van der Waals surface area contributed by atoms with E-state index in [1.54, 1.807) is 12.1 Å². The molecule has 7 rings (SSSR count). The number of anilines is 1. The summed E-state index contributed by atoms with van der Waals surface area (Å²) in [4.78, 5) is 16.6. The van der Waals surface area contributed by atoms with E-state index in [0.29, 0.717) is 22.3 Å². The third-order valence-electron chi connectivity index (χ3n) is 15.0. The largest absolute Gasteiger partial charge is 0.478 e. The fraction of sp³-hybridized carbons (Fsp3) is 0.700. The first-order valence-electron chi connectivity index (χ1n) is 17.8. The van der Waals surface area contributed by atoms with Crippen LogP contribution >= 0.6 is 11.3 Å². The quantitative estimate of drug-likeness (QED) is 0.354. The molecule has 0 bridgehead atoms. The number of allylic oxidation sites excluding steroid dienone is 2. The van der Waals surface area contributed by atoms with E-state index in [9.17, 15) is 9.90 Å². The Hall–Kier alpha value is -2.14. The van der Waals surface area contributed by atoms with Gasteiger partial charge in [-0.05, 0) is 126 Å². The molecular formula is C40H56N2O2S. The SMILES string of the molecule is CC(C)(C)c1csc(N[C@]23CCCC2[C@H]2CCC4[C@@]5(C)CC=C(c6ccc(C(=O)O)cc6)C(C)(C)C5CC[C@@]4(C)[C@]2(C)CC3)n1. The van der Waals surface area contributed by atoms with Crippen molar-refractivity contribution in [2.24, 2.45) is 45.3 Å². The van der Waals surface area contributed by atoms with Crippen molar-refractivity contribution in [3.8, 4) is 0 Å². The average Bonchev–Trinajstić information content (AvgIpc) is 3.61. The molecule has 8 atom stereocenters. The Balaban J connectivity index is 1.17.